The van der Waals surface area contributed by atoms with Gasteiger partial charge in [0.1, 0.15) is 0 Å². The average Bonchev–Trinajstić information content (AvgIpc) is 3.45. The number of aromatic nitrogens is 2. The van der Waals surface area contributed by atoms with Crippen molar-refractivity contribution in [3.05, 3.63) is 133 Å². The molecule has 0 bridgehead atoms. The lowest BCUT2D eigenvalue weighted by Crippen LogP contribution is -1.95. The lowest BCUT2D eigenvalue weighted by Gasteiger charge is -2.12. The van der Waals surface area contributed by atoms with Crippen LogP contribution in [0, 0.1) is 0 Å². The highest BCUT2D eigenvalue weighted by Gasteiger charge is 2.15. The smallest absolute Gasteiger partial charge is 0.160 e. The maximum atomic E-state index is 5.13. The van der Waals surface area contributed by atoms with Crippen molar-refractivity contribution in [1.29, 1.82) is 0 Å². The zero-order chi connectivity index (χ0) is 25.8. The van der Waals surface area contributed by atoms with Crippen LogP contribution in [-0.4, -0.2) is 9.97 Å². The van der Waals surface area contributed by atoms with E-state index in [-0.39, 0.29) is 0 Å². The van der Waals surface area contributed by atoms with Gasteiger partial charge < -0.3 is 0 Å². The molecule has 0 atom stereocenters. The van der Waals surface area contributed by atoms with Crippen LogP contribution in [0.3, 0.4) is 0 Å². The molecule has 0 unspecified atom stereocenters. The molecule has 0 saturated heterocycles. The number of rotatable bonds is 3. The number of nitrogens with zero attached hydrogens (tertiary/aromatic N) is 2. The molecular formula is C36H22N2S. The van der Waals surface area contributed by atoms with E-state index in [0.717, 1.165) is 33.2 Å². The van der Waals surface area contributed by atoms with E-state index in [9.17, 15) is 0 Å². The minimum atomic E-state index is 0.740. The van der Waals surface area contributed by atoms with Crippen molar-refractivity contribution >= 4 is 53.7 Å². The predicted molar refractivity (Wildman–Crippen MR) is 166 cm³/mol. The molecule has 6 aromatic carbocycles. The third kappa shape index (κ3) is 3.79. The Balaban J connectivity index is 1.38. The third-order valence-electron chi connectivity index (χ3n) is 7.46. The van der Waals surface area contributed by atoms with Gasteiger partial charge in [0.25, 0.3) is 0 Å². The predicted octanol–water partition coefficient (Wildman–Crippen LogP) is 10.2. The van der Waals surface area contributed by atoms with Gasteiger partial charge in [0, 0.05) is 15.8 Å². The summed E-state index contributed by atoms with van der Waals surface area (Å²) in [5.41, 5.74) is 4.01. The number of hydrogen-bond donors (Lipinski definition) is 0. The molecule has 0 radical (unpaired) electrons. The van der Waals surface area contributed by atoms with E-state index >= 15 is 0 Å². The average molecular weight is 515 g/mol. The van der Waals surface area contributed by atoms with Gasteiger partial charge in [-0.2, -0.15) is 0 Å². The normalized spacial score (nSPS) is 11.6. The van der Waals surface area contributed by atoms with Gasteiger partial charge in [0.05, 0.1) is 16.3 Å². The Kier molecular flexibility index (Phi) is 5.04. The minimum Gasteiger partial charge on any atom is -0.228 e. The zero-order valence-corrected chi connectivity index (χ0v) is 21.8. The van der Waals surface area contributed by atoms with Gasteiger partial charge in [-0.1, -0.05) is 103 Å². The quantitative estimate of drug-likeness (QED) is 0.173. The second kappa shape index (κ2) is 8.87. The Bertz CT molecular complexity index is 2140. The van der Waals surface area contributed by atoms with Crippen LogP contribution < -0.4 is 0 Å². The van der Waals surface area contributed by atoms with Gasteiger partial charge in [-0.05, 0) is 68.0 Å². The van der Waals surface area contributed by atoms with E-state index in [1.165, 1.54) is 42.4 Å². The van der Waals surface area contributed by atoms with Crippen LogP contribution in [0.25, 0.3) is 75.6 Å². The molecule has 3 heteroatoms. The van der Waals surface area contributed by atoms with Crippen molar-refractivity contribution in [3.8, 4) is 33.2 Å². The molecule has 0 amide bonds. The summed E-state index contributed by atoms with van der Waals surface area (Å²) in [6, 6.07) is 47.4. The fourth-order valence-corrected chi connectivity index (χ4v) is 6.56. The van der Waals surface area contributed by atoms with Gasteiger partial charge in [0.15, 0.2) is 5.82 Å². The minimum absolute atomic E-state index is 0.740. The molecular weight excluding hydrogens is 492 g/mol. The molecule has 8 rings (SSSR count). The highest BCUT2D eigenvalue weighted by molar-refractivity contribution is 7.22. The van der Waals surface area contributed by atoms with Gasteiger partial charge in [-0.15, -0.1) is 11.3 Å². The summed E-state index contributed by atoms with van der Waals surface area (Å²) in [4.78, 5) is 11.3. The molecule has 0 N–H and O–H groups in total. The van der Waals surface area contributed by atoms with E-state index in [4.69, 9.17) is 9.97 Å². The standard InChI is InChI=1S/C36H22N2S/c1-2-9-23(10-3-1)36-37-32(22-33(38-36)35-21-27-13-6-7-16-34(27)39-35)30-15-8-14-28-29(30)18-17-26-19-24-11-4-5-12-25(24)20-31(26)28/h1-22H. The van der Waals surface area contributed by atoms with Gasteiger partial charge in [0.2, 0.25) is 0 Å². The SMILES string of the molecule is c1ccc(-c2nc(-c3cc4ccccc4s3)cc(-c3cccc4c3ccc3cc5ccccc5cc34)n2)cc1. The second-order valence-electron chi connectivity index (χ2n) is 9.86. The first-order valence-corrected chi connectivity index (χ1v) is 13.9. The number of thiophene rings is 1. The van der Waals surface area contributed by atoms with E-state index in [0.29, 0.717) is 0 Å². The molecule has 2 heterocycles. The number of hydrogen-bond acceptors (Lipinski definition) is 3. The summed E-state index contributed by atoms with van der Waals surface area (Å²) >= 11 is 1.77. The Hall–Kier alpha value is -4.86. The topological polar surface area (TPSA) is 25.8 Å². The Morgan fingerprint density at radius 3 is 2.03 bits per heavy atom. The highest BCUT2D eigenvalue weighted by atomic mass is 32.1. The van der Waals surface area contributed by atoms with Crippen LogP contribution in [0.4, 0.5) is 0 Å². The molecule has 182 valence electrons. The van der Waals surface area contributed by atoms with E-state index in [1.54, 1.807) is 11.3 Å². The zero-order valence-electron chi connectivity index (χ0n) is 21.0. The van der Waals surface area contributed by atoms with Crippen LogP contribution in [0.5, 0.6) is 0 Å². The maximum Gasteiger partial charge on any atom is 0.160 e. The Morgan fingerprint density at radius 2 is 1.18 bits per heavy atom. The lowest BCUT2D eigenvalue weighted by molar-refractivity contribution is 1.19. The highest BCUT2D eigenvalue weighted by Crippen LogP contribution is 2.38. The molecule has 0 spiro atoms. The monoisotopic (exact) mass is 514 g/mol. The Morgan fingerprint density at radius 1 is 0.436 bits per heavy atom. The van der Waals surface area contributed by atoms with Crippen LogP contribution in [0.15, 0.2) is 133 Å². The molecule has 0 aliphatic rings. The molecule has 0 saturated carbocycles. The van der Waals surface area contributed by atoms with Crippen molar-refractivity contribution in [2.45, 2.75) is 0 Å². The number of fused-ring (bicyclic) bond motifs is 5. The molecule has 2 nitrogen and oxygen atoms in total. The van der Waals surface area contributed by atoms with Gasteiger partial charge in [-0.25, -0.2) is 9.97 Å². The summed E-state index contributed by atoms with van der Waals surface area (Å²) in [6.07, 6.45) is 0. The molecule has 39 heavy (non-hydrogen) atoms. The molecule has 0 aliphatic heterocycles. The van der Waals surface area contributed by atoms with Crippen LogP contribution in [-0.2, 0) is 0 Å². The Labute approximate surface area is 229 Å². The summed E-state index contributed by atoms with van der Waals surface area (Å²) in [7, 11) is 0. The first kappa shape index (κ1) is 22.2. The van der Waals surface area contributed by atoms with Crippen molar-refractivity contribution in [3.63, 3.8) is 0 Å². The fourth-order valence-electron chi connectivity index (χ4n) is 5.54. The van der Waals surface area contributed by atoms with E-state index in [2.05, 4.69) is 115 Å². The lowest BCUT2D eigenvalue weighted by atomic mass is 9.94. The van der Waals surface area contributed by atoms with Crippen molar-refractivity contribution in [2.24, 2.45) is 0 Å². The van der Waals surface area contributed by atoms with Crippen molar-refractivity contribution < 1.29 is 0 Å². The van der Waals surface area contributed by atoms with Gasteiger partial charge in [-0.3, -0.25) is 0 Å². The summed E-state index contributed by atoms with van der Waals surface area (Å²) in [5.74, 6) is 0.740. The maximum absolute atomic E-state index is 5.13. The molecule has 2 aromatic heterocycles. The van der Waals surface area contributed by atoms with Crippen LogP contribution in [0.1, 0.15) is 0 Å². The van der Waals surface area contributed by atoms with E-state index < -0.39 is 0 Å². The third-order valence-corrected chi connectivity index (χ3v) is 8.59. The van der Waals surface area contributed by atoms with Crippen LogP contribution >= 0.6 is 11.3 Å². The van der Waals surface area contributed by atoms with Crippen molar-refractivity contribution in [2.75, 3.05) is 0 Å². The fraction of sp³-hybridized carbons (Fsp3) is 0. The first-order valence-electron chi connectivity index (χ1n) is 13.1. The van der Waals surface area contributed by atoms with E-state index in [1.807, 2.05) is 18.2 Å². The summed E-state index contributed by atoms with van der Waals surface area (Å²) in [6.45, 7) is 0. The second-order valence-corrected chi connectivity index (χ2v) is 10.9. The van der Waals surface area contributed by atoms with Crippen molar-refractivity contribution in [1.82, 2.24) is 9.97 Å². The molecule has 0 fully saturated rings. The molecule has 8 aromatic rings. The first-order chi connectivity index (χ1) is 19.3. The van der Waals surface area contributed by atoms with Crippen LogP contribution in [0.2, 0.25) is 0 Å². The summed E-state index contributed by atoms with van der Waals surface area (Å²) in [5, 5.41) is 8.69. The largest absolute Gasteiger partial charge is 0.228 e. The van der Waals surface area contributed by atoms with Gasteiger partial charge >= 0.3 is 0 Å². The number of benzene rings is 6. The molecule has 0 aliphatic carbocycles. The summed E-state index contributed by atoms with van der Waals surface area (Å²) < 4.78 is 1.26.